The van der Waals surface area contributed by atoms with Gasteiger partial charge in [-0.1, -0.05) is 158 Å². The number of hydrogen-bond acceptors (Lipinski definition) is 1. The van der Waals surface area contributed by atoms with Gasteiger partial charge in [-0.2, -0.15) is 0 Å². The summed E-state index contributed by atoms with van der Waals surface area (Å²) in [6.07, 6.45) is 0. The lowest BCUT2D eigenvalue weighted by atomic mass is 9.99. The van der Waals surface area contributed by atoms with Gasteiger partial charge in [-0.15, -0.1) is 0 Å². The van der Waals surface area contributed by atoms with Gasteiger partial charge in [0.2, 0.25) is 0 Å². The lowest BCUT2D eigenvalue weighted by Crippen LogP contribution is -2.23. The van der Waals surface area contributed by atoms with Gasteiger partial charge in [0.15, 0.2) is 40.7 Å². The van der Waals surface area contributed by atoms with Crippen LogP contribution in [0.2, 0.25) is 0 Å². The first-order valence-electron chi connectivity index (χ1n) is 18.2. The van der Waals surface area contributed by atoms with Gasteiger partial charge in [0, 0.05) is 27.6 Å². The van der Waals surface area contributed by atoms with Crippen molar-refractivity contribution in [1.82, 2.24) is 9.55 Å². The summed E-state index contributed by atoms with van der Waals surface area (Å²) in [5, 5.41) is 1.59. The summed E-state index contributed by atoms with van der Waals surface area (Å²) in [4.78, 5) is 5.31. The number of rotatable bonds is 8. The van der Waals surface area contributed by atoms with Gasteiger partial charge in [0.1, 0.15) is 5.82 Å². The minimum Gasteiger partial charge on any atom is -0.319 e. The van der Waals surface area contributed by atoms with Crippen LogP contribution in [0.15, 0.2) is 158 Å². The molecule has 2 nitrogen and oxygen atoms in total. The van der Waals surface area contributed by atoms with Crippen LogP contribution in [-0.4, -0.2) is 9.55 Å². The van der Waals surface area contributed by atoms with E-state index in [-0.39, 0.29) is 5.82 Å². The molecule has 284 valence electrons. The van der Waals surface area contributed by atoms with Crippen molar-refractivity contribution in [1.29, 1.82) is 0 Å². The van der Waals surface area contributed by atoms with Crippen molar-refractivity contribution in [3.05, 3.63) is 204 Å². The average Bonchev–Trinajstić information content (AvgIpc) is 3.64. The zero-order valence-electron chi connectivity index (χ0n) is 30.2. The van der Waals surface area contributed by atoms with Crippen LogP contribution in [0.4, 0.5) is 30.7 Å². The lowest BCUT2D eigenvalue weighted by molar-refractivity contribution is 0.408. The number of halogens is 7. The number of hydrogen-bond donors (Lipinski definition) is 0. The molecule has 0 aliphatic heterocycles. The van der Waals surface area contributed by atoms with Gasteiger partial charge in [-0.3, -0.25) is 0 Å². The fraction of sp³-hybridized carbons (Fsp3) is 0.0208. The van der Waals surface area contributed by atoms with Crippen molar-refractivity contribution in [3.8, 4) is 33.9 Å². The van der Waals surface area contributed by atoms with E-state index in [4.69, 9.17) is 4.98 Å². The Morgan fingerprint density at radius 2 is 0.931 bits per heavy atom. The second-order valence-electron chi connectivity index (χ2n) is 13.6. The predicted octanol–water partition coefficient (Wildman–Crippen LogP) is 12.0. The highest BCUT2D eigenvalue weighted by Gasteiger charge is 2.33. The minimum atomic E-state index is -2.35. The molecule has 0 atom stereocenters. The first-order chi connectivity index (χ1) is 28.2. The number of fused-ring (bicyclic) bond motifs is 2. The first kappa shape index (κ1) is 37.0. The maximum Gasteiger partial charge on any atom is 0.198 e. The molecule has 8 aromatic carbocycles. The van der Waals surface area contributed by atoms with Crippen LogP contribution in [0.5, 0.6) is 0 Å². The molecule has 0 aliphatic rings. The van der Waals surface area contributed by atoms with Crippen molar-refractivity contribution in [2.24, 2.45) is 0 Å². The van der Waals surface area contributed by atoms with Gasteiger partial charge < -0.3 is 4.57 Å². The first-order valence-corrected chi connectivity index (χ1v) is 19.5. The van der Waals surface area contributed by atoms with E-state index in [9.17, 15) is 4.39 Å². The van der Waals surface area contributed by atoms with Crippen LogP contribution < -0.4 is 15.9 Å². The van der Waals surface area contributed by atoms with Crippen molar-refractivity contribution in [2.75, 3.05) is 0 Å². The van der Waals surface area contributed by atoms with Crippen molar-refractivity contribution < 1.29 is 30.7 Å². The topological polar surface area (TPSA) is 17.8 Å². The fourth-order valence-corrected chi connectivity index (χ4v) is 10.1. The zero-order chi connectivity index (χ0) is 40.1. The number of benzene rings is 8. The SMILES string of the molecule is Fc1c(F)c(F)c2c(Cn3c(-c4c(P(c5ccccc5)c5ccccc5)ccc5ccccc45)nc(-c4ccccc4)c3-c3ccccc3)c(F)c(F)c(F)c2c1F. The van der Waals surface area contributed by atoms with Gasteiger partial charge >= 0.3 is 0 Å². The van der Waals surface area contributed by atoms with Crippen LogP contribution in [0.3, 0.4) is 0 Å². The van der Waals surface area contributed by atoms with Gasteiger partial charge in [0.25, 0.3) is 0 Å². The molecule has 10 heteroatoms. The molecule has 0 fully saturated rings. The third-order valence-corrected chi connectivity index (χ3v) is 12.7. The highest BCUT2D eigenvalue weighted by Crippen LogP contribution is 2.44. The summed E-state index contributed by atoms with van der Waals surface area (Å²) < 4.78 is 110. The fourth-order valence-electron chi connectivity index (χ4n) is 7.62. The van der Waals surface area contributed by atoms with E-state index < -0.39 is 71.5 Å². The quantitative estimate of drug-likeness (QED) is 0.0648. The molecule has 0 saturated heterocycles. The van der Waals surface area contributed by atoms with E-state index in [0.29, 0.717) is 28.1 Å². The molecule has 9 aromatic rings. The summed E-state index contributed by atoms with van der Waals surface area (Å²) in [6, 6.07) is 49.4. The number of aromatic nitrogens is 2. The van der Waals surface area contributed by atoms with Crippen molar-refractivity contribution >= 4 is 45.4 Å². The van der Waals surface area contributed by atoms with Crippen LogP contribution in [0.25, 0.3) is 55.4 Å². The molecule has 58 heavy (non-hydrogen) atoms. The Bertz CT molecular complexity index is 2950. The molecular weight excluding hydrogens is 769 g/mol. The second kappa shape index (κ2) is 15.1. The van der Waals surface area contributed by atoms with Crippen LogP contribution in [0, 0.1) is 40.7 Å². The molecule has 0 spiro atoms. The number of nitrogens with zero attached hydrogens (tertiary/aromatic N) is 2. The maximum atomic E-state index is 16.4. The minimum absolute atomic E-state index is 0.226. The Hall–Kier alpha value is -6.57. The Kier molecular flexibility index (Phi) is 9.62. The zero-order valence-corrected chi connectivity index (χ0v) is 31.1. The van der Waals surface area contributed by atoms with E-state index in [0.717, 1.165) is 26.7 Å². The van der Waals surface area contributed by atoms with E-state index in [1.165, 1.54) is 0 Å². The third kappa shape index (κ3) is 6.14. The molecule has 0 aliphatic carbocycles. The predicted molar refractivity (Wildman–Crippen MR) is 218 cm³/mol. The van der Waals surface area contributed by atoms with Gasteiger partial charge in [-0.25, -0.2) is 35.7 Å². The number of imidazole rings is 1. The van der Waals surface area contributed by atoms with Crippen LogP contribution >= 0.6 is 7.92 Å². The highest BCUT2D eigenvalue weighted by atomic mass is 31.1. The second-order valence-corrected chi connectivity index (χ2v) is 15.8. The molecule has 0 radical (unpaired) electrons. The Balaban J connectivity index is 1.46. The van der Waals surface area contributed by atoms with E-state index in [1.54, 1.807) is 34.9 Å². The van der Waals surface area contributed by atoms with Crippen LogP contribution in [0.1, 0.15) is 5.56 Å². The normalized spacial score (nSPS) is 11.6. The summed E-state index contributed by atoms with van der Waals surface area (Å²) in [5.74, 6) is -14.9. The van der Waals surface area contributed by atoms with Gasteiger partial charge in [0.05, 0.1) is 23.3 Å². The van der Waals surface area contributed by atoms with E-state index >= 15 is 26.3 Å². The molecule has 1 aromatic heterocycles. The largest absolute Gasteiger partial charge is 0.319 e. The molecule has 0 saturated carbocycles. The molecule has 0 amide bonds. The standard InChI is InChI=1S/C48H28F7N2P/c49-39-34(37-38(41(51)43(39)53)42(52)45(55)44(54)40(37)50)27-57-47(30-18-7-2-8-19-30)46(29-16-5-1-6-17-29)56-48(57)36-33-24-14-13-15-28(33)25-26-35(36)58(31-20-9-3-10-21-31)32-22-11-4-12-23-32/h1-26H,27H2. The summed E-state index contributed by atoms with van der Waals surface area (Å²) >= 11 is 0. The van der Waals surface area contributed by atoms with Crippen molar-refractivity contribution in [2.45, 2.75) is 6.54 Å². The van der Waals surface area contributed by atoms with E-state index in [1.807, 2.05) is 127 Å². The molecule has 1 heterocycles. The summed E-state index contributed by atoms with van der Waals surface area (Å²) in [7, 11) is -1.34. The molecule has 9 rings (SSSR count). The van der Waals surface area contributed by atoms with Gasteiger partial charge in [-0.05, 0) is 34.6 Å². The average molecular weight is 797 g/mol. The maximum absolute atomic E-state index is 16.4. The molecular formula is C48H28F7N2P. The monoisotopic (exact) mass is 796 g/mol. The molecule has 0 N–H and O–H groups in total. The highest BCUT2D eigenvalue weighted by molar-refractivity contribution is 7.80. The molecule has 0 unspecified atom stereocenters. The summed E-state index contributed by atoms with van der Waals surface area (Å²) in [6.45, 7) is -0.808. The molecule has 0 bridgehead atoms. The van der Waals surface area contributed by atoms with E-state index in [2.05, 4.69) is 0 Å². The Labute approximate surface area is 329 Å². The Morgan fingerprint density at radius 3 is 1.52 bits per heavy atom. The third-order valence-electron chi connectivity index (χ3n) is 10.2. The van der Waals surface area contributed by atoms with Crippen molar-refractivity contribution in [3.63, 3.8) is 0 Å². The Morgan fingerprint density at radius 1 is 0.448 bits per heavy atom. The van der Waals surface area contributed by atoms with Crippen LogP contribution in [-0.2, 0) is 6.54 Å². The summed E-state index contributed by atoms with van der Waals surface area (Å²) in [5.41, 5.74) is 1.64. The lowest BCUT2D eigenvalue weighted by Gasteiger charge is -2.24. The smallest absolute Gasteiger partial charge is 0.198 e.